The van der Waals surface area contributed by atoms with Crippen molar-refractivity contribution in [2.24, 2.45) is 11.8 Å². The van der Waals surface area contributed by atoms with Crippen molar-refractivity contribution in [1.29, 1.82) is 0 Å². The lowest BCUT2D eigenvalue weighted by atomic mass is 9.70. The van der Waals surface area contributed by atoms with Crippen LogP contribution in [0.3, 0.4) is 0 Å². The Morgan fingerprint density at radius 2 is 1.85 bits per heavy atom. The molecule has 4 rings (SSSR count). The molecule has 3 heterocycles. The third-order valence-corrected chi connectivity index (χ3v) is 9.40. The van der Waals surface area contributed by atoms with Crippen molar-refractivity contribution in [2.75, 3.05) is 49.2 Å². The van der Waals surface area contributed by atoms with Crippen molar-refractivity contribution in [2.45, 2.75) is 62.1 Å². The number of benzene rings is 1. The van der Waals surface area contributed by atoms with Crippen molar-refractivity contribution >= 4 is 45.1 Å². The van der Waals surface area contributed by atoms with Crippen molar-refractivity contribution in [3.05, 3.63) is 49.6 Å². The molecule has 3 unspecified atom stereocenters. The van der Waals surface area contributed by atoms with Gasteiger partial charge in [-0.25, -0.2) is 0 Å². The summed E-state index contributed by atoms with van der Waals surface area (Å²) in [6, 6.07) is 6.73. The number of carbonyl (C=O) groups is 3. The number of ether oxygens (including phenoxy) is 2. The number of likely N-dealkylation sites (tertiary alicyclic amines) is 1. The summed E-state index contributed by atoms with van der Waals surface area (Å²) in [5.74, 6) is -2.87. The summed E-state index contributed by atoms with van der Waals surface area (Å²) in [4.78, 5) is 46.7. The summed E-state index contributed by atoms with van der Waals surface area (Å²) < 4.78 is 12.1. The maximum Gasteiger partial charge on any atom is 0.312 e. The van der Waals surface area contributed by atoms with Crippen molar-refractivity contribution in [1.82, 2.24) is 4.90 Å². The molecule has 41 heavy (non-hydrogen) atoms. The normalized spacial score (nSPS) is 28.0. The Morgan fingerprint density at radius 1 is 1.17 bits per heavy atom. The number of nitrogens with zero attached hydrogens (tertiary/aromatic N) is 3. The molecule has 1 N–H and O–H groups in total. The Bertz CT molecular complexity index is 1130. The number of carbonyl (C=O) groups excluding carboxylic acids is 3. The third-order valence-electron chi connectivity index (χ3n) is 8.55. The number of β-amino-alcohol motifs (C(OH)–C–C–N with tert-alkyl or cyclic N) is 1. The van der Waals surface area contributed by atoms with Crippen LogP contribution in [-0.4, -0.2) is 89.8 Å². The lowest BCUT2D eigenvalue weighted by Gasteiger charge is -2.37. The van der Waals surface area contributed by atoms with Crippen molar-refractivity contribution in [3.8, 4) is 0 Å². The van der Waals surface area contributed by atoms with Crippen LogP contribution >= 0.6 is 15.9 Å². The maximum absolute atomic E-state index is 14.5. The van der Waals surface area contributed by atoms with Gasteiger partial charge in [0.2, 0.25) is 5.91 Å². The molecule has 10 heteroatoms. The van der Waals surface area contributed by atoms with Crippen LogP contribution < -0.4 is 9.80 Å². The van der Waals surface area contributed by atoms with Crippen LogP contribution in [-0.2, 0) is 23.9 Å². The zero-order valence-corrected chi connectivity index (χ0v) is 25.6. The molecule has 3 saturated heterocycles. The molecule has 3 fully saturated rings. The van der Waals surface area contributed by atoms with Crippen molar-refractivity contribution < 1.29 is 29.0 Å². The molecule has 3 aliphatic rings. The third kappa shape index (κ3) is 5.70. The fourth-order valence-corrected chi connectivity index (χ4v) is 7.66. The van der Waals surface area contributed by atoms with Crippen LogP contribution in [0.15, 0.2) is 49.6 Å². The predicted molar refractivity (Wildman–Crippen MR) is 162 cm³/mol. The highest BCUT2D eigenvalue weighted by atomic mass is 79.9. The predicted octanol–water partition coefficient (Wildman–Crippen LogP) is 3.69. The smallest absolute Gasteiger partial charge is 0.312 e. The van der Waals surface area contributed by atoms with Gasteiger partial charge in [0.05, 0.1) is 31.2 Å². The monoisotopic (exact) mass is 631 g/mol. The van der Waals surface area contributed by atoms with Gasteiger partial charge in [-0.05, 0) is 63.8 Å². The number of hydrogen-bond acceptors (Lipinski definition) is 7. The van der Waals surface area contributed by atoms with Crippen molar-refractivity contribution in [3.63, 3.8) is 0 Å². The summed E-state index contributed by atoms with van der Waals surface area (Å²) in [5, 5.41) is 9.89. The zero-order chi connectivity index (χ0) is 29.7. The molecule has 2 amide bonds. The van der Waals surface area contributed by atoms with Gasteiger partial charge in [-0.1, -0.05) is 28.1 Å². The minimum atomic E-state index is -1.21. The van der Waals surface area contributed by atoms with E-state index in [1.54, 1.807) is 11.0 Å². The molecule has 3 aliphatic heterocycles. The average molecular weight is 633 g/mol. The molecular weight excluding hydrogens is 590 g/mol. The number of amides is 2. The molecule has 0 saturated carbocycles. The van der Waals surface area contributed by atoms with Crippen LogP contribution in [0.1, 0.15) is 39.5 Å². The first-order valence-corrected chi connectivity index (χ1v) is 15.5. The van der Waals surface area contributed by atoms with E-state index < -0.39 is 35.6 Å². The van der Waals surface area contributed by atoms with Crippen LogP contribution in [0, 0.1) is 11.8 Å². The summed E-state index contributed by atoms with van der Waals surface area (Å²) in [5.41, 5.74) is 0.502. The van der Waals surface area contributed by atoms with Gasteiger partial charge in [0, 0.05) is 42.4 Å². The van der Waals surface area contributed by atoms with Gasteiger partial charge in [0.25, 0.3) is 5.91 Å². The standard InChI is InChI=1S/C31H42BrN3O6/c1-5-9-10-11-19-40-30(39)24-25-28(37)35(17-18-36)27(31(25)20-23(32)26(24)41-31)29(38)34(16-6-2)22-14-12-21(13-15-22)33(7-3)8-4/h5-6,12-15,23-27,36H,1-2,7-11,16-20H2,3-4H3/t23?,24-,25-,26-,27?,31?/m0/s1. The maximum atomic E-state index is 14.5. The van der Waals surface area contributed by atoms with Gasteiger partial charge in [0.1, 0.15) is 11.6 Å². The number of aliphatic hydroxyl groups excluding tert-OH is 1. The van der Waals surface area contributed by atoms with Crippen LogP contribution in [0.5, 0.6) is 0 Å². The zero-order valence-electron chi connectivity index (χ0n) is 24.0. The Morgan fingerprint density at radius 3 is 2.46 bits per heavy atom. The fraction of sp³-hybridized carbons (Fsp3) is 0.581. The Balaban J connectivity index is 1.65. The van der Waals surface area contributed by atoms with E-state index in [2.05, 4.69) is 47.8 Å². The first kappa shape index (κ1) is 31.3. The van der Waals surface area contributed by atoms with E-state index in [-0.39, 0.29) is 42.9 Å². The molecule has 1 aromatic carbocycles. The molecule has 2 bridgehead atoms. The van der Waals surface area contributed by atoms with E-state index in [1.807, 2.05) is 30.3 Å². The molecule has 0 aromatic heterocycles. The van der Waals surface area contributed by atoms with Gasteiger partial charge >= 0.3 is 5.97 Å². The fourth-order valence-electron chi connectivity index (χ4n) is 6.72. The number of halogens is 1. The Labute approximate surface area is 251 Å². The van der Waals surface area contributed by atoms with Crippen LogP contribution in [0.25, 0.3) is 0 Å². The summed E-state index contributed by atoms with van der Waals surface area (Å²) in [6.07, 6.45) is 5.65. The lowest BCUT2D eigenvalue weighted by Crippen LogP contribution is -2.57. The molecule has 1 spiro atoms. The molecule has 224 valence electrons. The van der Waals surface area contributed by atoms with E-state index in [0.717, 1.165) is 31.6 Å². The number of unbranched alkanes of at least 4 members (excludes halogenated alkanes) is 2. The number of allylic oxidation sites excluding steroid dienone is 1. The molecule has 9 nitrogen and oxygen atoms in total. The van der Waals surface area contributed by atoms with E-state index >= 15 is 0 Å². The van der Waals surface area contributed by atoms with Gasteiger partial charge in [-0.15, -0.1) is 13.2 Å². The molecular formula is C31H42BrN3O6. The molecule has 1 aromatic rings. The largest absolute Gasteiger partial charge is 0.465 e. The van der Waals surface area contributed by atoms with E-state index in [0.29, 0.717) is 18.5 Å². The highest BCUT2D eigenvalue weighted by Crippen LogP contribution is 2.60. The topological polar surface area (TPSA) is 99.6 Å². The molecule has 6 atom stereocenters. The average Bonchev–Trinajstić information content (AvgIpc) is 3.56. The van der Waals surface area contributed by atoms with E-state index in [1.165, 1.54) is 4.90 Å². The molecule has 0 aliphatic carbocycles. The quantitative estimate of drug-likeness (QED) is 0.136. The lowest BCUT2D eigenvalue weighted by molar-refractivity contribution is -0.155. The number of alkyl halides is 1. The highest BCUT2D eigenvalue weighted by molar-refractivity contribution is 9.09. The van der Waals surface area contributed by atoms with E-state index in [9.17, 15) is 19.5 Å². The number of anilines is 2. The van der Waals surface area contributed by atoms with E-state index in [4.69, 9.17) is 9.47 Å². The summed E-state index contributed by atoms with van der Waals surface area (Å²) >= 11 is 3.67. The SMILES string of the molecule is C=CCCCCOC(=O)[C@H]1[C@H]2C(=O)N(CCO)C(C(=O)N(CC=C)c3ccc(N(CC)CC)cc3)C23CC(Br)[C@@H]1O3. The van der Waals surface area contributed by atoms with Gasteiger partial charge < -0.3 is 29.3 Å². The van der Waals surface area contributed by atoms with Gasteiger partial charge in [-0.2, -0.15) is 0 Å². The second-order valence-electron chi connectivity index (χ2n) is 10.8. The molecule has 0 radical (unpaired) electrons. The van der Waals surface area contributed by atoms with Gasteiger partial charge in [0.15, 0.2) is 0 Å². The summed E-state index contributed by atoms with van der Waals surface area (Å²) in [6.45, 7) is 13.6. The Kier molecular flexibility index (Phi) is 10.3. The van der Waals surface area contributed by atoms with Crippen LogP contribution in [0.4, 0.5) is 11.4 Å². The number of aliphatic hydroxyl groups is 1. The second kappa shape index (κ2) is 13.5. The minimum Gasteiger partial charge on any atom is -0.465 e. The summed E-state index contributed by atoms with van der Waals surface area (Å²) in [7, 11) is 0. The number of esters is 1. The first-order chi connectivity index (χ1) is 19.8. The second-order valence-corrected chi connectivity index (χ2v) is 12.0. The number of fused-ring (bicyclic) bond motifs is 1. The number of rotatable bonds is 15. The number of hydrogen-bond donors (Lipinski definition) is 1. The van der Waals surface area contributed by atoms with Crippen LogP contribution in [0.2, 0.25) is 0 Å². The minimum absolute atomic E-state index is 0.0411. The Hall–Kier alpha value is -2.69. The highest BCUT2D eigenvalue weighted by Gasteiger charge is 2.77. The first-order valence-electron chi connectivity index (χ1n) is 14.6. The van der Waals surface area contributed by atoms with Gasteiger partial charge in [-0.3, -0.25) is 14.4 Å².